The van der Waals surface area contributed by atoms with Crippen molar-refractivity contribution in [2.45, 2.75) is 26.4 Å². The second-order valence-corrected chi connectivity index (χ2v) is 4.92. The molecule has 0 aromatic carbocycles. The molecule has 0 aromatic rings. The third-order valence-electron chi connectivity index (χ3n) is 2.60. The molecule has 0 radical (unpaired) electrons. The number of alkyl halides is 1. The van der Waals surface area contributed by atoms with E-state index in [9.17, 15) is 9.18 Å². The number of allylic oxidation sites excluding steroid dienone is 4. The Morgan fingerprint density at radius 3 is 2.36 bits per heavy atom. The second-order valence-electron chi connectivity index (χ2n) is 4.54. The molecule has 2 unspecified atom stereocenters. The number of halogens is 2. The van der Waals surface area contributed by atoms with Crippen LogP contribution >= 0.6 is 11.6 Å². The van der Waals surface area contributed by atoms with E-state index in [1.807, 2.05) is 0 Å². The Morgan fingerprint density at radius 2 is 2.00 bits per heavy atom. The van der Waals surface area contributed by atoms with Gasteiger partial charge in [0, 0.05) is 5.41 Å². The molecule has 2 atom stereocenters. The largest absolute Gasteiger partial charge is 0.281 e. The van der Waals surface area contributed by atoms with Crippen molar-refractivity contribution in [3.8, 4) is 0 Å². The van der Waals surface area contributed by atoms with E-state index in [4.69, 9.17) is 11.6 Å². The van der Waals surface area contributed by atoms with Crippen LogP contribution in [-0.4, -0.2) is 10.9 Å². The molecule has 0 fully saturated rings. The van der Waals surface area contributed by atoms with Crippen molar-refractivity contribution in [1.29, 1.82) is 0 Å². The summed E-state index contributed by atoms with van der Waals surface area (Å²) in [7, 11) is 0. The number of carbonyl (C=O) groups excluding carboxylic acids is 1. The van der Waals surface area contributed by atoms with Crippen LogP contribution < -0.4 is 0 Å². The SMILES string of the molecule is CC(C)(C)C1(F)C=CC=CC1C(=O)Cl. The van der Waals surface area contributed by atoms with Gasteiger partial charge in [-0.2, -0.15) is 0 Å². The van der Waals surface area contributed by atoms with Crippen LogP contribution in [0.2, 0.25) is 0 Å². The fraction of sp³-hybridized carbons (Fsp3) is 0.545. The molecule has 0 N–H and O–H groups in total. The molecular weight excluding hydrogens is 203 g/mol. The molecule has 0 heterocycles. The van der Waals surface area contributed by atoms with Gasteiger partial charge in [-0.05, 0) is 17.7 Å². The Kier molecular flexibility index (Phi) is 2.86. The molecule has 0 amide bonds. The molecule has 1 nitrogen and oxygen atoms in total. The van der Waals surface area contributed by atoms with Crippen LogP contribution in [0.4, 0.5) is 4.39 Å². The Bertz CT molecular complexity index is 301. The molecule has 3 heteroatoms. The van der Waals surface area contributed by atoms with Gasteiger partial charge in [0.25, 0.3) is 0 Å². The first-order valence-electron chi connectivity index (χ1n) is 4.53. The zero-order valence-electron chi connectivity index (χ0n) is 8.55. The number of rotatable bonds is 1. The lowest BCUT2D eigenvalue weighted by atomic mass is 9.69. The summed E-state index contributed by atoms with van der Waals surface area (Å²) in [5.41, 5.74) is -2.34. The fourth-order valence-electron chi connectivity index (χ4n) is 1.57. The lowest BCUT2D eigenvalue weighted by molar-refractivity contribution is -0.119. The zero-order valence-corrected chi connectivity index (χ0v) is 9.31. The van der Waals surface area contributed by atoms with Crippen molar-refractivity contribution in [3.63, 3.8) is 0 Å². The Balaban J connectivity index is 3.13. The van der Waals surface area contributed by atoms with E-state index in [2.05, 4.69) is 0 Å². The lowest BCUT2D eigenvalue weighted by Crippen LogP contribution is -2.46. The van der Waals surface area contributed by atoms with Crippen molar-refractivity contribution in [1.82, 2.24) is 0 Å². The van der Waals surface area contributed by atoms with Gasteiger partial charge in [0.2, 0.25) is 5.24 Å². The molecule has 0 spiro atoms. The third kappa shape index (κ3) is 1.76. The highest BCUT2D eigenvalue weighted by Gasteiger charge is 2.49. The van der Waals surface area contributed by atoms with Crippen LogP contribution in [0.25, 0.3) is 0 Å². The summed E-state index contributed by atoms with van der Waals surface area (Å²) < 4.78 is 14.6. The third-order valence-corrected chi connectivity index (χ3v) is 2.84. The maximum Gasteiger partial charge on any atom is 0.232 e. The molecule has 0 saturated heterocycles. The van der Waals surface area contributed by atoms with Crippen molar-refractivity contribution in [2.24, 2.45) is 11.3 Å². The van der Waals surface area contributed by atoms with Gasteiger partial charge < -0.3 is 0 Å². The maximum absolute atomic E-state index is 14.6. The Labute approximate surface area is 88.6 Å². The molecule has 0 saturated carbocycles. The Hall–Kier alpha value is -0.630. The summed E-state index contributed by atoms with van der Waals surface area (Å²) in [6.45, 7) is 5.26. The van der Waals surface area contributed by atoms with Crippen LogP contribution in [0.3, 0.4) is 0 Å². The van der Waals surface area contributed by atoms with Crippen LogP contribution in [0.5, 0.6) is 0 Å². The highest BCUT2D eigenvalue weighted by atomic mass is 35.5. The minimum absolute atomic E-state index is 0.649. The first kappa shape index (κ1) is 11.4. The van der Waals surface area contributed by atoms with E-state index in [-0.39, 0.29) is 0 Å². The van der Waals surface area contributed by atoms with Crippen LogP contribution in [-0.2, 0) is 4.79 Å². The standard InChI is InChI=1S/C11H14ClFO/c1-10(2,3)11(13)7-5-4-6-8(11)9(12)14/h4-8H,1-3H3. The summed E-state index contributed by atoms with van der Waals surface area (Å²) in [4.78, 5) is 11.1. The minimum Gasteiger partial charge on any atom is -0.281 e. The smallest absolute Gasteiger partial charge is 0.232 e. The van der Waals surface area contributed by atoms with Gasteiger partial charge in [-0.15, -0.1) is 0 Å². The zero-order chi connectivity index (χ0) is 11.0. The molecule has 0 aromatic heterocycles. The highest BCUT2D eigenvalue weighted by molar-refractivity contribution is 6.64. The van der Waals surface area contributed by atoms with Crippen LogP contribution in [0, 0.1) is 11.3 Å². The first-order chi connectivity index (χ1) is 6.29. The van der Waals surface area contributed by atoms with Crippen molar-refractivity contribution in [3.05, 3.63) is 24.3 Å². The average Bonchev–Trinajstić information content (AvgIpc) is 2.02. The summed E-state index contributed by atoms with van der Waals surface area (Å²) in [6.07, 6.45) is 6.19. The molecule has 1 aliphatic carbocycles. The van der Waals surface area contributed by atoms with Crippen molar-refractivity contribution >= 4 is 16.8 Å². The first-order valence-corrected chi connectivity index (χ1v) is 4.91. The van der Waals surface area contributed by atoms with E-state index in [0.717, 1.165) is 0 Å². The van der Waals surface area contributed by atoms with E-state index in [0.29, 0.717) is 0 Å². The van der Waals surface area contributed by atoms with Gasteiger partial charge in [-0.1, -0.05) is 39.0 Å². The molecule has 1 aliphatic rings. The molecule has 0 bridgehead atoms. The highest BCUT2D eigenvalue weighted by Crippen LogP contribution is 2.44. The summed E-state index contributed by atoms with van der Waals surface area (Å²) in [5.74, 6) is -0.880. The summed E-state index contributed by atoms with van der Waals surface area (Å²) in [5, 5.41) is -0.650. The average molecular weight is 217 g/mol. The van der Waals surface area contributed by atoms with Gasteiger partial charge in [-0.25, -0.2) is 4.39 Å². The van der Waals surface area contributed by atoms with Crippen LogP contribution in [0.15, 0.2) is 24.3 Å². The number of hydrogen-bond acceptors (Lipinski definition) is 1. The van der Waals surface area contributed by atoms with Gasteiger partial charge in [-0.3, -0.25) is 4.79 Å². The molecule has 0 aliphatic heterocycles. The molecule has 78 valence electrons. The lowest BCUT2D eigenvalue weighted by Gasteiger charge is -2.40. The normalized spacial score (nSPS) is 31.9. The van der Waals surface area contributed by atoms with E-state index < -0.39 is 22.2 Å². The van der Waals surface area contributed by atoms with Gasteiger partial charge >= 0.3 is 0 Å². The predicted octanol–water partition coefficient (Wildman–Crippen LogP) is 3.25. The van der Waals surface area contributed by atoms with E-state index in [1.54, 1.807) is 32.9 Å². The van der Waals surface area contributed by atoms with Gasteiger partial charge in [0.05, 0.1) is 5.92 Å². The van der Waals surface area contributed by atoms with Crippen LogP contribution in [0.1, 0.15) is 20.8 Å². The number of hydrogen-bond donors (Lipinski definition) is 0. The van der Waals surface area contributed by atoms with Gasteiger partial charge in [0.15, 0.2) is 0 Å². The minimum atomic E-state index is -1.69. The van der Waals surface area contributed by atoms with Gasteiger partial charge in [0.1, 0.15) is 5.67 Å². The molecule has 1 rings (SSSR count). The summed E-state index contributed by atoms with van der Waals surface area (Å²) >= 11 is 5.38. The second kappa shape index (κ2) is 3.50. The summed E-state index contributed by atoms with van der Waals surface area (Å²) in [6, 6.07) is 0. The Morgan fingerprint density at radius 1 is 1.43 bits per heavy atom. The van der Waals surface area contributed by atoms with Crippen molar-refractivity contribution in [2.75, 3.05) is 0 Å². The quantitative estimate of drug-likeness (QED) is 0.615. The van der Waals surface area contributed by atoms with E-state index in [1.165, 1.54) is 12.2 Å². The van der Waals surface area contributed by atoms with Crippen molar-refractivity contribution < 1.29 is 9.18 Å². The maximum atomic E-state index is 14.6. The monoisotopic (exact) mass is 216 g/mol. The molecule has 14 heavy (non-hydrogen) atoms. The molecular formula is C11H14ClFO. The fourth-order valence-corrected chi connectivity index (χ4v) is 1.80. The number of carbonyl (C=O) groups is 1. The topological polar surface area (TPSA) is 17.1 Å². The predicted molar refractivity (Wildman–Crippen MR) is 55.9 cm³/mol. The van der Waals surface area contributed by atoms with E-state index >= 15 is 0 Å².